The van der Waals surface area contributed by atoms with E-state index in [1.165, 1.54) is 7.11 Å². The van der Waals surface area contributed by atoms with E-state index >= 15 is 0 Å². The topological polar surface area (TPSA) is 41.8 Å². The van der Waals surface area contributed by atoms with Crippen LogP contribution in [0, 0.1) is 0 Å². The van der Waals surface area contributed by atoms with Gasteiger partial charge in [0.1, 0.15) is 7.11 Å². The molecule has 0 bridgehead atoms. The average Bonchev–Trinajstić information content (AvgIpc) is 2.32. The zero-order valence-electron chi connectivity index (χ0n) is 9.82. The molecule has 1 aromatic rings. The van der Waals surface area contributed by atoms with Crippen LogP contribution in [0.2, 0.25) is 0 Å². The highest BCUT2D eigenvalue weighted by Gasteiger charge is 2.03. The molecule has 0 unspecified atom stereocenters. The van der Waals surface area contributed by atoms with E-state index in [1.807, 2.05) is 45.0 Å². The first-order valence-electron chi connectivity index (χ1n) is 5.06. The molecule has 1 rings (SSSR count). The Hall–Kier alpha value is -1.35. The zero-order valence-corrected chi connectivity index (χ0v) is 9.82. The fraction of sp³-hybridized carbons (Fsp3) is 0.417. The number of oxime groups is 1. The number of hydrogen-bond donors (Lipinski definition) is 1. The molecule has 1 aromatic carbocycles. The van der Waals surface area contributed by atoms with E-state index in [4.69, 9.17) is 5.11 Å². The van der Waals surface area contributed by atoms with Gasteiger partial charge in [-0.2, -0.15) is 0 Å². The third kappa shape index (κ3) is 4.13. The fourth-order valence-electron chi connectivity index (χ4n) is 1.20. The number of nitrogens with zero attached hydrogens (tertiary/aromatic N) is 1. The van der Waals surface area contributed by atoms with Crippen LogP contribution in [0.1, 0.15) is 31.9 Å². The van der Waals surface area contributed by atoms with Gasteiger partial charge >= 0.3 is 0 Å². The minimum atomic E-state index is 0.0206. The summed E-state index contributed by atoms with van der Waals surface area (Å²) in [6, 6.07) is 7.56. The Kier molecular flexibility index (Phi) is 7.28. The molecule has 0 aliphatic heterocycles. The molecule has 0 radical (unpaired) electrons. The Labute approximate surface area is 91.4 Å². The van der Waals surface area contributed by atoms with E-state index in [2.05, 4.69) is 9.99 Å². The maximum absolute atomic E-state index is 9.04. The van der Waals surface area contributed by atoms with Gasteiger partial charge in [0.05, 0.1) is 12.3 Å². The Balaban J connectivity index is 0.000000921. The van der Waals surface area contributed by atoms with Crippen molar-refractivity contribution in [3.63, 3.8) is 0 Å². The van der Waals surface area contributed by atoms with Crippen molar-refractivity contribution >= 4 is 5.71 Å². The number of rotatable bonds is 3. The van der Waals surface area contributed by atoms with Gasteiger partial charge in [-0.3, -0.25) is 0 Å². The minimum absolute atomic E-state index is 0.0206. The van der Waals surface area contributed by atoms with Crippen molar-refractivity contribution < 1.29 is 9.94 Å². The average molecular weight is 209 g/mol. The number of benzene rings is 1. The molecule has 0 heterocycles. The standard InChI is InChI=1S/C10H13NO2.C2H6/c1-8(11-13-2)10-6-4-3-5-9(10)7-12;1-2/h3-6,12H,7H2,1-2H3;1-2H3. The molecule has 0 fully saturated rings. The molecule has 0 aliphatic carbocycles. The Morgan fingerprint density at radius 3 is 2.47 bits per heavy atom. The predicted molar refractivity (Wildman–Crippen MR) is 62.9 cm³/mol. The van der Waals surface area contributed by atoms with Crippen LogP contribution in [-0.4, -0.2) is 17.9 Å². The maximum atomic E-state index is 9.04. The monoisotopic (exact) mass is 209 g/mol. The van der Waals surface area contributed by atoms with Gasteiger partial charge in [0, 0.05) is 5.56 Å². The van der Waals surface area contributed by atoms with E-state index in [-0.39, 0.29) is 6.61 Å². The first-order valence-corrected chi connectivity index (χ1v) is 5.06. The van der Waals surface area contributed by atoms with E-state index in [0.29, 0.717) is 0 Å². The van der Waals surface area contributed by atoms with Crippen molar-refractivity contribution in [2.45, 2.75) is 27.4 Å². The number of hydrogen-bond acceptors (Lipinski definition) is 3. The molecular formula is C12H19NO2. The summed E-state index contributed by atoms with van der Waals surface area (Å²) in [6.45, 7) is 5.87. The van der Waals surface area contributed by atoms with Gasteiger partial charge in [-0.05, 0) is 12.5 Å². The van der Waals surface area contributed by atoms with Crippen molar-refractivity contribution in [2.75, 3.05) is 7.11 Å². The summed E-state index contributed by atoms with van der Waals surface area (Å²) in [7, 11) is 1.51. The number of aliphatic hydroxyl groups is 1. The van der Waals surface area contributed by atoms with Gasteiger partial charge in [-0.25, -0.2) is 0 Å². The molecule has 0 amide bonds. The van der Waals surface area contributed by atoms with E-state index < -0.39 is 0 Å². The van der Waals surface area contributed by atoms with Gasteiger partial charge in [-0.1, -0.05) is 43.3 Å². The van der Waals surface area contributed by atoms with Crippen molar-refractivity contribution in [1.29, 1.82) is 0 Å². The van der Waals surface area contributed by atoms with E-state index in [1.54, 1.807) is 0 Å². The van der Waals surface area contributed by atoms with Crippen LogP contribution in [0.15, 0.2) is 29.4 Å². The third-order valence-corrected chi connectivity index (χ3v) is 1.81. The van der Waals surface area contributed by atoms with Crippen LogP contribution >= 0.6 is 0 Å². The molecule has 0 saturated carbocycles. The highest BCUT2D eigenvalue weighted by molar-refractivity contribution is 5.99. The molecule has 3 nitrogen and oxygen atoms in total. The molecule has 0 spiro atoms. The van der Waals surface area contributed by atoms with Crippen molar-refractivity contribution in [3.05, 3.63) is 35.4 Å². The second-order valence-corrected chi connectivity index (χ2v) is 2.67. The lowest BCUT2D eigenvalue weighted by atomic mass is 10.0. The van der Waals surface area contributed by atoms with Crippen LogP contribution in [0.5, 0.6) is 0 Å². The second kappa shape index (κ2) is 8.00. The lowest BCUT2D eigenvalue weighted by molar-refractivity contribution is 0.213. The molecule has 0 atom stereocenters. The summed E-state index contributed by atoms with van der Waals surface area (Å²) >= 11 is 0. The molecule has 15 heavy (non-hydrogen) atoms. The van der Waals surface area contributed by atoms with Gasteiger partial charge < -0.3 is 9.94 Å². The molecule has 0 saturated heterocycles. The Morgan fingerprint density at radius 2 is 1.93 bits per heavy atom. The van der Waals surface area contributed by atoms with Crippen LogP contribution in [-0.2, 0) is 11.4 Å². The summed E-state index contributed by atoms with van der Waals surface area (Å²) < 4.78 is 0. The summed E-state index contributed by atoms with van der Waals surface area (Å²) in [4.78, 5) is 4.66. The van der Waals surface area contributed by atoms with Crippen LogP contribution < -0.4 is 0 Å². The molecule has 0 aromatic heterocycles. The van der Waals surface area contributed by atoms with E-state index in [0.717, 1.165) is 16.8 Å². The highest BCUT2D eigenvalue weighted by atomic mass is 16.6. The smallest absolute Gasteiger partial charge is 0.106 e. The summed E-state index contributed by atoms with van der Waals surface area (Å²) in [6.07, 6.45) is 0. The van der Waals surface area contributed by atoms with Crippen LogP contribution in [0.25, 0.3) is 0 Å². The van der Waals surface area contributed by atoms with Gasteiger partial charge in [0.15, 0.2) is 0 Å². The van der Waals surface area contributed by atoms with Gasteiger partial charge in [-0.15, -0.1) is 0 Å². The molecule has 84 valence electrons. The van der Waals surface area contributed by atoms with Gasteiger partial charge in [0.2, 0.25) is 0 Å². The number of aliphatic hydroxyl groups excluding tert-OH is 1. The lowest BCUT2D eigenvalue weighted by Gasteiger charge is -2.04. The predicted octanol–water partition coefficient (Wildman–Crippen LogP) is 2.58. The van der Waals surface area contributed by atoms with Gasteiger partial charge in [0.25, 0.3) is 0 Å². The highest BCUT2D eigenvalue weighted by Crippen LogP contribution is 2.09. The Morgan fingerprint density at radius 1 is 1.33 bits per heavy atom. The summed E-state index contributed by atoms with van der Waals surface area (Å²) in [5.41, 5.74) is 2.56. The summed E-state index contributed by atoms with van der Waals surface area (Å²) in [5.74, 6) is 0. The first kappa shape index (κ1) is 13.7. The maximum Gasteiger partial charge on any atom is 0.106 e. The fourth-order valence-corrected chi connectivity index (χ4v) is 1.20. The zero-order chi connectivity index (χ0) is 11.7. The minimum Gasteiger partial charge on any atom is -0.399 e. The lowest BCUT2D eigenvalue weighted by Crippen LogP contribution is -2.00. The largest absolute Gasteiger partial charge is 0.399 e. The van der Waals surface area contributed by atoms with Crippen molar-refractivity contribution in [1.82, 2.24) is 0 Å². The summed E-state index contributed by atoms with van der Waals surface area (Å²) in [5, 5.41) is 12.8. The van der Waals surface area contributed by atoms with Crippen molar-refractivity contribution in [3.8, 4) is 0 Å². The molecule has 0 aliphatic rings. The van der Waals surface area contributed by atoms with Crippen molar-refractivity contribution in [2.24, 2.45) is 5.16 Å². The van der Waals surface area contributed by atoms with Crippen LogP contribution in [0.3, 0.4) is 0 Å². The van der Waals surface area contributed by atoms with E-state index in [9.17, 15) is 0 Å². The first-order chi connectivity index (χ1) is 7.29. The molecule has 3 heteroatoms. The quantitative estimate of drug-likeness (QED) is 0.614. The molecular weight excluding hydrogens is 190 g/mol. The second-order valence-electron chi connectivity index (χ2n) is 2.67. The van der Waals surface area contributed by atoms with Crippen LogP contribution in [0.4, 0.5) is 0 Å². The Bertz CT molecular complexity index is 308. The third-order valence-electron chi connectivity index (χ3n) is 1.81. The molecule has 1 N–H and O–H groups in total. The SMILES string of the molecule is CC.CON=C(C)c1ccccc1CO. The normalized spacial score (nSPS) is 10.3.